The maximum Gasteiger partial charge on any atom is 0.131 e. The molecule has 2 rings (SSSR count). The molecule has 3 nitrogen and oxygen atoms in total. The molecule has 1 aliphatic carbocycles. The van der Waals surface area contributed by atoms with E-state index in [1.165, 1.54) is 6.07 Å². The number of hydrogen-bond acceptors (Lipinski definition) is 3. The van der Waals surface area contributed by atoms with E-state index in [-0.39, 0.29) is 12.1 Å². The Kier molecular flexibility index (Phi) is 4.42. The zero-order valence-electron chi connectivity index (χ0n) is 11.5. The molecule has 19 heavy (non-hydrogen) atoms. The van der Waals surface area contributed by atoms with Crippen LogP contribution in [0.4, 0.5) is 10.1 Å². The second kappa shape index (κ2) is 5.88. The first-order valence-electron chi connectivity index (χ1n) is 6.89. The molecule has 0 aliphatic heterocycles. The summed E-state index contributed by atoms with van der Waals surface area (Å²) >= 11 is 0. The van der Waals surface area contributed by atoms with Gasteiger partial charge < -0.3 is 15.1 Å². The standard InChI is InChI=1S/C15H22FNO2/c1-10(18)15-11(16)6-5-8-13(15)17(2)12-7-3-4-9-14(12)19/h5-6,8,10,12,14,18-19H,3-4,7,9H2,1-2H3/t10-,12?,14?/m0/s1. The molecule has 1 aromatic rings. The molecule has 0 amide bonds. The van der Waals surface area contributed by atoms with Gasteiger partial charge in [0.1, 0.15) is 5.82 Å². The van der Waals surface area contributed by atoms with Crippen molar-refractivity contribution in [3.8, 4) is 0 Å². The van der Waals surface area contributed by atoms with Gasteiger partial charge in [-0.1, -0.05) is 18.9 Å². The van der Waals surface area contributed by atoms with E-state index in [2.05, 4.69) is 0 Å². The molecule has 0 saturated heterocycles. The van der Waals surface area contributed by atoms with Crippen molar-refractivity contribution in [3.63, 3.8) is 0 Å². The van der Waals surface area contributed by atoms with E-state index in [1.54, 1.807) is 19.1 Å². The van der Waals surface area contributed by atoms with Crippen molar-refractivity contribution >= 4 is 5.69 Å². The van der Waals surface area contributed by atoms with Gasteiger partial charge in [0.2, 0.25) is 0 Å². The number of benzene rings is 1. The summed E-state index contributed by atoms with van der Waals surface area (Å²) in [5, 5.41) is 19.9. The predicted octanol–water partition coefficient (Wildman–Crippen LogP) is 2.62. The van der Waals surface area contributed by atoms with Crippen LogP contribution in [0.2, 0.25) is 0 Å². The Morgan fingerprint density at radius 3 is 2.63 bits per heavy atom. The van der Waals surface area contributed by atoms with Crippen molar-refractivity contribution in [2.75, 3.05) is 11.9 Å². The third-order valence-electron chi connectivity index (χ3n) is 4.02. The molecule has 1 aliphatic rings. The predicted molar refractivity (Wildman–Crippen MR) is 73.7 cm³/mol. The van der Waals surface area contributed by atoms with Crippen LogP contribution in [-0.2, 0) is 0 Å². The van der Waals surface area contributed by atoms with Crippen molar-refractivity contribution in [2.45, 2.75) is 50.9 Å². The highest BCUT2D eigenvalue weighted by Crippen LogP contribution is 2.32. The van der Waals surface area contributed by atoms with Crippen molar-refractivity contribution in [1.82, 2.24) is 0 Å². The van der Waals surface area contributed by atoms with Gasteiger partial charge in [-0.25, -0.2) is 4.39 Å². The molecule has 106 valence electrons. The minimum absolute atomic E-state index is 0.00644. The van der Waals surface area contributed by atoms with E-state index in [0.717, 1.165) is 25.7 Å². The SMILES string of the molecule is C[C@H](O)c1c(F)cccc1N(C)C1CCCCC1O. The summed E-state index contributed by atoms with van der Waals surface area (Å²) < 4.78 is 13.9. The smallest absolute Gasteiger partial charge is 0.131 e. The molecule has 1 fully saturated rings. The summed E-state index contributed by atoms with van der Waals surface area (Å²) in [7, 11) is 1.86. The summed E-state index contributed by atoms with van der Waals surface area (Å²) in [5.41, 5.74) is 0.976. The molecular weight excluding hydrogens is 245 g/mol. The molecule has 0 spiro atoms. The Balaban J connectivity index is 2.32. The Hall–Kier alpha value is -1.13. The van der Waals surface area contributed by atoms with Crippen LogP contribution < -0.4 is 4.90 Å². The maximum absolute atomic E-state index is 13.9. The zero-order valence-corrected chi connectivity index (χ0v) is 11.5. The lowest BCUT2D eigenvalue weighted by atomic mass is 9.90. The van der Waals surface area contributed by atoms with Crippen LogP contribution in [0.25, 0.3) is 0 Å². The van der Waals surface area contributed by atoms with Crippen LogP contribution in [0.1, 0.15) is 44.3 Å². The lowest BCUT2D eigenvalue weighted by Gasteiger charge is -2.37. The van der Waals surface area contributed by atoms with Crippen molar-refractivity contribution in [3.05, 3.63) is 29.6 Å². The topological polar surface area (TPSA) is 43.7 Å². The monoisotopic (exact) mass is 267 g/mol. The maximum atomic E-state index is 13.9. The van der Waals surface area contributed by atoms with Gasteiger partial charge in [-0.3, -0.25) is 0 Å². The quantitative estimate of drug-likeness (QED) is 0.884. The lowest BCUT2D eigenvalue weighted by Crippen LogP contribution is -2.44. The van der Waals surface area contributed by atoms with Gasteiger partial charge in [0.05, 0.1) is 18.2 Å². The van der Waals surface area contributed by atoms with E-state index < -0.39 is 11.9 Å². The molecule has 0 bridgehead atoms. The molecule has 0 radical (unpaired) electrons. The third-order valence-corrected chi connectivity index (χ3v) is 4.02. The minimum atomic E-state index is -0.862. The van der Waals surface area contributed by atoms with Crippen LogP contribution in [0.3, 0.4) is 0 Å². The fraction of sp³-hybridized carbons (Fsp3) is 0.600. The average molecular weight is 267 g/mol. The van der Waals surface area contributed by atoms with E-state index in [4.69, 9.17) is 0 Å². The van der Waals surface area contributed by atoms with E-state index in [0.29, 0.717) is 11.3 Å². The molecule has 2 N–H and O–H groups in total. The van der Waals surface area contributed by atoms with Gasteiger partial charge >= 0.3 is 0 Å². The van der Waals surface area contributed by atoms with Gasteiger partial charge in [0.25, 0.3) is 0 Å². The second-order valence-corrected chi connectivity index (χ2v) is 5.38. The number of likely N-dealkylation sites (N-methyl/N-ethyl adjacent to an activating group) is 1. The molecule has 2 unspecified atom stereocenters. The van der Waals surface area contributed by atoms with Crippen LogP contribution >= 0.6 is 0 Å². The Morgan fingerprint density at radius 2 is 2.00 bits per heavy atom. The van der Waals surface area contributed by atoms with Gasteiger partial charge in [0.15, 0.2) is 0 Å². The fourth-order valence-electron chi connectivity index (χ4n) is 2.97. The van der Waals surface area contributed by atoms with E-state index in [1.807, 2.05) is 11.9 Å². The first-order valence-corrected chi connectivity index (χ1v) is 6.89. The summed E-state index contributed by atoms with van der Waals surface area (Å²) in [6.45, 7) is 1.56. The number of aliphatic hydroxyl groups is 2. The number of hydrogen-bond donors (Lipinski definition) is 2. The lowest BCUT2D eigenvalue weighted by molar-refractivity contribution is 0.106. The highest BCUT2D eigenvalue weighted by Gasteiger charge is 2.29. The Labute approximate surface area is 113 Å². The van der Waals surface area contributed by atoms with Crippen LogP contribution in [0.5, 0.6) is 0 Å². The van der Waals surface area contributed by atoms with Crippen LogP contribution in [0.15, 0.2) is 18.2 Å². The summed E-state index contributed by atoms with van der Waals surface area (Å²) in [5.74, 6) is -0.398. The Morgan fingerprint density at radius 1 is 1.32 bits per heavy atom. The third kappa shape index (κ3) is 2.90. The largest absolute Gasteiger partial charge is 0.391 e. The van der Waals surface area contributed by atoms with Crippen LogP contribution in [-0.4, -0.2) is 29.4 Å². The number of halogens is 1. The normalized spacial score (nSPS) is 25.1. The van der Waals surface area contributed by atoms with Gasteiger partial charge in [0, 0.05) is 18.3 Å². The van der Waals surface area contributed by atoms with Gasteiger partial charge in [-0.2, -0.15) is 0 Å². The Bertz CT molecular complexity index is 436. The second-order valence-electron chi connectivity index (χ2n) is 5.38. The molecule has 1 aromatic carbocycles. The molecule has 0 aromatic heterocycles. The fourth-order valence-corrected chi connectivity index (χ4v) is 2.97. The minimum Gasteiger partial charge on any atom is -0.391 e. The molecular formula is C15H22FNO2. The molecule has 0 heterocycles. The first-order chi connectivity index (χ1) is 9.02. The number of anilines is 1. The van der Waals surface area contributed by atoms with Gasteiger partial charge in [-0.15, -0.1) is 0 Å². The zero-order chi connectivity index (χ0) is 14.0. The summed E-state index contributed by atoms with van der Waals surface area (Å²) in [6.07, 6.45) is 2.55. The van der Waals surface area contributed by atoms with Crippen molar-refractivity contribution in [2.24, 2.45) is 0 Å². The highest BCUT2D eigenvalue weighted by molar-refractivity contribution is 5.55. The summed E-state index contributed by atoms with van der Waals surface area (Å²) in [6, 6.07) is 4.79. The summed E-state index contributed by atoms with van der Waals surface area (Å²) in [4.78, 5) is 1.91. The molecule has 3 atom stereocenters. The molecule has 1 saturated carbocycles. The van der Waals surface area contributed by atoms with Gasteiger partial charge in [-0.05, 0) is 31.9 Å². The van der Waals surface area contributed by atoms with E-state index in [9.17, 15) is 14.6 Å². The molecule has 4 heteroatoms. The average Bonchev–Trinajstić information content (AvgIpc) is 2.37. The van der Waals surface area contributed by atoms with Crippen molar-refractivity contribution < 1.29 is 14.6 Å². The first kappa shape index (κ1) is 14.3. The van der Waals surface area contributed by atoms with E-state index >= 15 is 0 Å². The highest BCUT2D eigenvalue weighted by atomic mass is 19.1. The number of aliphatic hydroxyl groups excluding tert-OH is 2. The van der Waals surface area contributed by atoms with Crippen molar-refractivity contribution in [1.29, 1.82) is 0 Å². The number of nitrogens with zero attached hydrogens (tertiary/aromatic N) is 1. The number of rotatable bonds is 3. The van der Waals surface area contributed by atoms with Crippen LogP contribution in [0, 0.1) is 5.82 Å².